The highest BCUT2D eigenvalue weighted by molar-refractivity contribution is 7.22. The lowest BCUT2D eigenvalue weighted by molar-refractivity contribution is -0.122. The molecule has 1 saturated carbocycles. The molecule has 136 valence electrons. The number of halogens is 1. The van der Waals surface area contributed by atoms with Crippen molar-refractivity contribution in [1.29, 1.82) is 0 Å². The fraction of sp³-hybridized carbons (Fsp3) is 0.579. The second-order valence-electron chi connectivity index (χ2n) is 6.58. The molecular formula is C19H26FN3OS. The van der Waals surface area contributed by atoms with Gasteiger partial charge in [-0.2, -0.15) is 0 Å². The Balaban J connectivity index is 1.88. The number of carbonyl (C=O) groups is 1. The number of para-hydroxylation sites is 1. The standard InChI is InChI=1S/C19H26FN3OS/c1-3-22(4-2)12-13-23(18(24)14-8-5-6-9-14)19-21-17-15(20)10-7-11-16(17)25-19/h7,10-11,14H,3-6,8-9,12-13H2,1-2H3. The van der Waals surface area contributed by atoms with Crippen LogP contribution in [0.5, 0.6) is 0 Å². The van der Waals surface area contributed by atoms with Crippen LogP contribution in [0.25, 0.3) is 10.2 Å². The molecule has 1 heterocycles. The van der Waals surface area contributed by atoms with Crippen LogP contribution in [-0.2, 0) is 4.79 Å². The second-order valence-corrected chi connectivity index (χ2v) is 7.59. The molecule has 0 aliphatic heterocycles. The number of nitrogens with zero attached hydrogens (tertiary/aromatic N) is 3. The van der Waals surface area contributed by atoms with Crippen molar-refractivity contribution in [1.82, 2.24) is 9.88 Å². The Morgan fingerprint density at radius 2 is 1.96 bits per heavy atom. The summed E-state index contributed by atoms with van der Waals surface area (Å²) in [6.45, 7) is 7.58. The van der Waals surface area contributed by atoms with E-state index in [1.54, 1.807) is 11.0 Å². The van der Waals surface area contributed by atoms with Gasteiger partial charge in [0.2, 0.25) is 5.91 Å². The summed E-state index contributed by atoms with van der Waals surface area (Å²) < 4.78 is 14.8. The molecule has 1 aliphatic carbocycles. The second kappa shape index (κ2) is 8.23. The molecule has 0 radical (unpaired) electrons. The van der Waals surface area contributed by atoms with Crippen LogP contribution >= 0.6 is 11.3 Å². The van der Waals surface area contributed by atoms with Gasteiger partial charge in [0.1, 0.15) is 11.3 Å². The van der Waals surface area contributed by atoms with Crippen molar-refractivity contribution in [2.45, 2.75) is 39.5 Å². The molecule has 2 aromatic rings. The Morgan fingerprint density at radius 1 is 1.24 bits per heavy atom. The first kappa shape index (κ1) is 18.3. The number of anilines is 1. The zero-order valence-corrected chi connectivity index (χ0v) is 15.8. The van der Waals surface area contributed by atoms with E-state index < -0.39 is 0 Å². The third-order valence-electron chi connectivity index (χ3n) is 5.09. The van der Waals surface area contributed by atoms with Crippen molar-refractivity contribution < 1.29 is 9.18 Å². The lowest BCUT2D eigenvalue weighted by atomic mass is 10.1. The molecule has 0 N–H and O–H groups in total. The maximum atomic E-state index is 14.0. The van der Waals surface area contributed by atoms with Gasteiger partial charge in [-0.25, -0.2) is 9.37 Å². The summed E-state index contributed by atoms with van der Waals surface area (Å²) in [6.07, 6.45) is 4.16. The maximum absolute atomic E-state index is 14.0. The summed E-state index contributed by atoms with van der Waals surface area (Å²) in [5, 5.41) is 0.629. The first-order valence-corrected chi connectivity index (χ1v) is 10.0. The quantitative estimate of drug-likeness (QED) is 0.736. The number of rotatable bonds is 7. The van der Waals surface area contributed by atoms with E-state index in [0.29, 0.717) is 17.2 Å². The van der Waals surface area contributed by atoms with Crippen LogP contribution in [0.1, 0.15) is 39.5 Å². The zero-order valence-electron chi connectivity index (χ0n) is 15.0. The molecule has 0 saturated heterocycles. The van der Waals surface area contributed by atoms with Crippen LogP contribution in [0, 0.1) is 11.7 Å². The van der Waals surface area contributed by atoms with Crippen molar-refractivity contribution in [3.05, 3.63) is 24.0 Å². The van der Waals surface area contributed by atoms with E-state index in [-0.39, 0.29) is 17.6 Å². The first-order valence-electron chi connectivity index (χ1n) is 9.22. The Hall–Kier alpha value is -1.53. The molecular weight excluding hydrogens is 337 g/mol. The molecule has 0 unspecified atom stereocenters. The molecule has 3 rings (SSSR count). The SMILES string of the molecule is CCN(CC)CCN(C(=O)C1CCCC1)c1nc2c(F)cccc2s1. The van der Waals surface area contributed by atoms with Gasteiger partial charge < -0.3 is 4.90 Å². The number of aromatic nitrogens is 1. The van der Waals surface area contributed by atoms with Gasteiger partial charge in [0.15, 0.2) is 5.13 Å². The molecule has 1 aromatic heterocycles. The highest BCUT2D eigenvalue weighted by atomic mass is 32.1. The molecule has 4 nitrogen and oxygen atoms in total. The minimum absolute atomic E-state index is 0.0913. The number of likely N-dealkylation sites (N-methyl/N-ethyl adjacent to an activating group) is 1. The van der Waals surface area contributed by atoms with E-state index in [9.17, 15) is 9.18 Å². The minimum atomic E-state index is -0.322. The summed E-state index contributed by atoms with van der Waals surface area (Å²) in [5.74, 6) is -0.0744. The zero-order chi connectivity index (χ0) is 17.8. The molecule has 1 amide bonds. The van der Waals surface area contributed by atoms with Crippen LogP contribution in [0.2, 0.25) is 0 Å². The Morgan fingerprint density at radius 3 is 2.60 bits per heavy atom. The van der Waals surface area contributed by atoms with E-state index in [0.717, 1.165) is 50.0 Å². The minimum Gasteiger partial charge on any atom is -0.302 e. The maximum Gasteiger partial charge on any atom is 0.231 e. The first-order chi connectivity index (χ1) is 12.1. The largest absolute Gasteiger partial charge is 0.302 e. The Labute approximate surface area is 152 Å². The summed E-state index contributed by atoms with van der Waals surface area (Å²) >= 11 is 1.41. The number of fused-ring (bicyclic) bond motifs is 1. The van der Waals surface area contributed by atoms with E-state index in [1.807, 2.05) is 6.07 Å². The highest BCUT2D eigenvalue weighted by Crippen LogP contribution is 2.33. The van der Waals surface area contributed by atoms with Gasteiger partial charge in [0, 0.05) is 19.0 Å². The average molecular weight is 364 g/mol. The van der Waals surface area contributed by atoms with Gasteiger partial charge in [0.05, 0.1) is 4.70 Å². The number of amides is 1. The van der Waals surface area contributed by atoms with Crippen LogP contribution in [-0.4, -0.2) is 42.0 Å². The van der Waals surface area contributed by atoms with E-state index >= 15 is 0 Å². The van der Waals surface area contributed by atoms with Gasteiger partial charge in [-0.05, 0) is 38.1 Å². The van der Waals surface area contributed by atoms with Crippen molar-refractivity contribution in [2.75, 3.05) is 31.1 Å². The van der Waals surface area contributed by atoms with Crippen molar-refractivity contribution in [3.8, 4) is 0 Å². The fourth-order valence-electron chi connectivity index (χ4n) is 3.49. The van der Waals surface area contributed by atoms with E-state index in [2.05, 4.69) is 23.7 Å². The number of thiazole rings is 1. The lowest BCUT2D eigenvalue weighted by Crippen LogP contribution is -2.41. The average Bonchev–Trinajstić information content (AvgIpc) is 3.28. The monoisotopic (exact) mass is 363 g/mol. The summed E-state index contributed by atoms with van der Waals surface area (Å²) in [4.78, 5) is 21.6. The number of carbonyl (C=O) groups excluding carboxylic acids is 1. The molecule has 6 heteroatoms. The third kappa shape index (κ3) is 4.01. The molecule has 1 fully saturated rings. The highest BCUT2D eigenvalue weighted by Gasteiger charge is 2.30. The lowest BCUT2D eigenvalue weighted by Gasteiger charge is -2.26. The molecule has 0 spiro atoms. The van der Waals surface area contributed by atoms with Crippen LogP contribution < -0.4 is 4.90 Å². The molecule has 0 bridgehead atoms. The van der Waals surface area contributed by atoms with Crippen molar-refractivity contribution in [2.24, 2.45) is 5.92 Å². The molecule has 1 aromatic carbocycles. The van der Waals surface area contributed by atoms with E-state index in [4.69, 9.17) is 0 Å². The van der Waals surface area contributed by atoms with Crippen LogP contribution in [0.4, 0.5) is 9.52 Å². The van der Waals surface area contributed by atoms with E-state index in [1.165, 1.54) is 17.4 Å². The van der Waals surface area contributed by atoms with Gasteiger partial charge in [0.25, 0.3) is 0 Å². The number of hydrogen-bond donors (Lipinski definition) is 0. The third-order valence-corrected chi connectivity index (χ3v) is 6.14. The fourth-order valence-corrected chi connectivity index (χ4v) is 4.50. The number of benzene rings is 1. The molecule has 25 heavy (non-hydrogen) atoms. The summed E-state index contributed by atoms with van der Waals surface area (Å²) in [5.41, 5.74) is 0.370. The van der Waals surface area contributed by atoms with Gasteiger partial charge in [-0.15, -0.1) is 0 Å². The predicted octanol–water partition coefficient (Wildman–Crippen LogP) is 4.30. The van der Waals surface area contributed by atoms with Crippen LogP contribution in [0.15, 0.2) is 18.2 Å². The molecule has 1 aliphatic rings. The van der Waals surface area contributed by atoms with Gasteiger partial charge in [-0.1, -0.05) is 44.1 Å². The molecule has 0 atom stereocenters. The topological polar surface area (TPSA) is 36.4 Å². The van der Waals surface area contributed by atoms with Gasteiger partial charge in [-0.3, -0.25) is 9.69 Å². The summed E-state index contributed by atoms with van der Waals surface area (Å²) in [7, 11) is 0. The van der Waals surface area contributed by atoms with Crippen molar-refractivity contribution >= 4 is 32.6 Å². The normalized spacial score (nSPS) is 15.4. The van der Waals surface area contributed by atoms with Gasteiger partial charge >= 0.3 is 0 Å². The Bertz CT molecular complexity index is 723. The van der Waals surface area contributed by atoms with Crippen LogP contribution in [0.3, 0.4) is 0 Å². The summed E-state index contributed by atoms with van der Waals surface area (Å²) in [6, 6.07) is 4.98. The number of hydrogen-bond acceptors (Lipinski definition) is 4. The van der Waals surface area contributed by atoms with Crippen molar-refractivity contribution in [3.63, 3.8) is 0 Å². The Kier molecular flexibility index (Phi) is 6.02. The smallest absolute Gasteiger partial charge is 0.231 e. The predicted molar refractivity (Wildman–Crippen MR) is 102 cm³/mol.